The number of nitrogens with one attached hydrogen (secondary N) is 2. The van der Waals surface area contributed by atoms with Crippen LogP contribution < -0.4 is 10.6 Å². The predicted octanol–water partition coefficient (Wildman–Crippen LogP) is 2.94. The second kappa shape index (κ2) is 8.95. The average molecular weight is 482 g/mol. The van der Waals surface area contributed by atoms with Crippen molar-refractivity contribution in [2.75, 3.05) is 20.1 Å². The summed E-state index contributed by atoms with van der Waals surface area (Å²) >= 11 is 0. The van der Waals surface area contributed by atoms with Crippen LogP contribution in [0.2, 0.25) is 0 Å². The van der Waals surface area contributed by atoms with E-state index in [9.17, 15) is 4.79 Å². The van der Waals surface area contributed by atoms with Gasteiger partial charge in [-0.2, -0.15) is 0 Å². The zero-order valence-electron chi connectivity index (χ0n) is 17.1. The molecule has 1 aliphatic carbocycles. The second-order valence-electron chi connectivity index (χ2n) is 8.46. The zero-order chi connectivity index (χ0) is 18.8. The molecule has 2 unspecified atom stereocenters. The van der Waals surface area contributed by atoms with Gasteiger partial charge in [-0.25, -0.2) is 4.79 Å². The van der Waals surface area contributed by atoms with E-state index < -0.39 is 11.3 Å². The molecule has 26 heavy (non-hydrogen) atoms. The maximum absolute atomic E-state index is 12.7. The maximum atomic E-state index is 12.7. The number of amides is 1. The molecule has 0 radical (unpaired) electrons. The largest absolute Gasteiger partial charge is 0.444 e. The summed E-state index contributed by atoms with van der Waals surface area (Å²) in [6.07, 6.45) is 2.13. The van der Waals surface area contributed by atoms with Crippen molar-refractivity contribution in [2.45, 2.75) is 77.9 Å². The summed E-state index contributed by atoms with van der Waals surface area (Å²) in [6.45, 7) is 12.9. The Morgan fingerprint density at radius 3 is 2.35 bits per heavy atom. The molecule has 2 N–H and O–H groups in total. The van der Waals surface area contributed by atoms with Gasteiger partial charge in [-0.1, -0.05) is 0 Å². The van der Waals surface area contributed by atoms with Crippen LogP contribution in [0.25, 0.3) is 0 Å². The van der Waals surface area contributed by atoms with Crippen molar-refractivity contribution in [3.8, 4) is 0 Å². The monoisotopic (exact) mass is 482 g/mol. The van der Waals surface area contributed by atoms with Crippen molar-refractivity contribution in [1.29, 1.82) is 0 Å². The van der Waals surface area contributed by atoms with Crippen molar-refractivity contribution < 1.29 is 14.3 Å². The molecule has 2 aliphatic rings. The molecule has 2 rings (SSSR count). The van der Waals surface area contributed by atoms with Crippen LogP contribution in [0, 0.1) is 5.92 Å². The molecule has 8 heteroatoms. The Kier molecular flexibility index (Phi) is 8.01. The first-order chi connectivity index (χ1) is 11.5. The molecule has 0 aromatic heterocycles. The van der Waals surface area contributed by atoms with Crippen molar-refractivity contribution >= 4 is 36.0 Å². The lowest BCUT2D eigenvalue weighted by molar-refractivity contribution is -0.0755. The molecule has 0 aromatic rings. The molecule has 0 aromatic carbocycles. The Bertz CT molecular complexity index is 515. The number of hydrogen-bond donors (Lipinski definition) is 2. The maximum Gasteiger partial charge on any atom is 0.412 e. The van der Waals surface area contributed by atoms with Crippen LogP contribution >= 0.6 is 24.0 Å². The Balaban J connectivity index is 0.00000338. The highest BCUT2D eigenvalue weighted by Gasteiger charge is 2.49. The first kappa shape index (κ1) is 23.3. The first-order valence-electron chi connectivity index (χ1n) is 9.18. The SMILES string of the molecule is CN=C(NCC1CC1)NCC1C(C)OC(C)(C)N1C(=O)OC(C)(C)C.I. The summed E-state index contributed by atoms with van der Waals surface area (Å²) < 4.78 is 11.6. The lowest BCUT2D eigenvalue weighted by Crippen LogP contribution is -2.54. The van der Waals surface area contributed by atoms with Gasteiger partial charge in [0, 0.05) is 20.1 Å². The van der Waals surface area contributed by atoms with E-state index in [1.807, 2.05) is 41.5 Å². The van der Waals surface area contributed by atoms with Gasteiger partial charge in [0.25, 0.3) is 0 Å². The Morgan fingerprint density at radius 2 is 1.85 bits per heavy atom. The summed E-state index contributed by atoms with van der Waals surface area (Å²) in [5.74, 6) is 1.53. The summed E-state index contributed by atoms with van der Waals surface area (Å²) in [7, 11) is 1.76. The van der Waals surface area contributed by atoms with Crippen molar-refractivity contribution in [2.24, 2.45) is 10.9 Å². The first-order valence-corrected chi connectivity index (χ1v) is 9.18. The van der Waals surface area contributed by atoms with E-state index in [1.54, 1.807) is 11.9 Å². The average Bonchev–Trinajstić information content (AvgIpc) is 3.23. The van der Waals surface area contributed by atoms with E-state index in [-0.39, 0.29) is 42.2 Å². The molecule has 1 heterocycles. The number of carbonyl (C=O) groups is 1. The Hall–Kier alpha value is -0.770. The van der Waals surface area contributed by atoms with E-state index >= 15 is 0 Å². The normalized spacial score (nSPS) is 25.5. The molecule has 2 atom stereocenters. The summed E-state index contributed by atoms with van der Waals surface area (Å²) in [5, 5.41) is 6.66. The van der Waals surface area contributed by atoms with Crippen LogP contribution in [0.4, 0.5) is 4.79 Å². The van der Waals surface area contributed by atoms with Crippen LogP contribution in [-0.4, -0.2) is 60.6 Å². The van der Waals surface area contributed by atoms with Crippen LogP contribution in [0.1, 0.15) is 54.4 Å². The van der Waals surface area contributed by atoms with Gasteiger partial charge in [0.05, 0.1) is 12.1 Å². The third-order valence-electron chi connectivity index (χ3n) is 4.48. The molecule has 1 amide bonds. The number of guanidine groups is 1. The number of carbonyl (C=O) groups excluding carboxylic acids is 1. The molecule has 1 saturated carbocycles. The Labute approximate surface area is 174 Å². The number of hydrogen-bond acceptors (Lipinski definition) is 4. The molecular formula is C18H35IN4O3. The standard InChI is InChI=1S/C18H34N4O3.HI/c1-12-14(11-21-15(19-7)20-10-13-8-9-13)22(18(5,6)24-12)16(23)25-17(2,3)4;/h12-14H,8-11H2,1-7H3,(H2,19,20,21);1H. The highest BCUT2D eigenvalue weighted by molar-refractivity contribution is 14.0. The Morgan fingerprint density at radius 1 is 1.27 bits per heavy atom. The minimum absolute atomic E-state index is 0. The molecule has 2 fully saturated rings. The van der Waals surface area contributed by atoms with Gasteiger partial charge in [0.2, 0.25) is 0 Å². The fourth-order valence-electron chi connectivity index (χ4n) is 3.11. The minimum Gasteiger partial charge on any atom is -0.444 e. The van der Waals surface area contributed by atoms with Crippen molar-refractivity contribution in [1.82, 2.24) is 15.5 Å². The summed E-state index contributed by atoms with van der Waals surface area (Å²) in [6, 6.07) is -0.135. The number of halogens is 1. The van der Waals surface area contributed by atoms with Crippen LogP contribution in [0.3, 0.4) is 0 Å². The fraction of sp³-hybridized carbons (Fsp3) is 0.889. The van der Waals surface area contributed by atoms with E-state index in [0.717, 1.165) is 18.4 Å². The van der Waals surface area contributed by atoms with Gasteiger partial charge in [-0.3, -0.25) is 9.89 Å². The van der Waals surface area contributed by atoms with Gasteiger partial charge in [0.1, 0.15) is 11.3 Å². The molecule has 0 spiro atoms. The highest BCUT2D eigenvalue weighted by atomic mass is 127. The predicted molar refractivity (Wildman–Crippen MR) is 114 cm³/mol. The van der Waals surface area contributed by atoms with Crippen molar-refractivity contribution in [3.05, 3.63) is 0 Å². The van der Waals surface area contributed by atoms with Gasteiger partial charge < -0.3 is 20.1 Å². The van der Waals surface area contributed by atoms with Crippen LogP contribution in [0.15, 0.2) is 4.99 Å². The van der Waals surface area contributed by atoms with E-state index in [2.05, 4.69) is 15.6 Å². The number of nitrogens with zero attached hydrogens (tertiary/aromatic N) is 2. The quantitative estimate of drug-likeness (QED) is 0.366. The van der Waals surface area contributed by atoms with Crippen LogP contribution in [0.5, 0.6) is 0 Å². The topological polar surface area (TPSA) is 75.2 Å². The lowest BCUT2D eigenvalue weighted by atomic mass is 10.1. The number of rotatable bonds is 4. The number of ether oxygens (including phenoxy) is 2. The molecule has 7 nitrogen and oxygen atoms in total. The lowest BCUT2D eigenvalue weighted by Gasteiger charge is -2.35. The third-order valence-corrected chi connectivity index (χ3v) is 4.48. The molecule has 0 bridgehead atoms. The highest BCUT2D eigenvalue weighted by Crippen LogP contribution is 2.33. The molecule has 1 aliphatic heterocycles. The van der Waals surface area contributed by atoms with Crippen molar-refractivity contribution in [3.63, 3.8) is 0 Å². The molecular weight excluding hydrogens is 447 g/mol. The van der Waals surface area contributed by atoms with E-state index in [1.165, 1.54) is 12.8 Å². The summed E-state index contributed by atoms with van der Waals surface area (Å²) in [4.78, 5) is 18.7. The molecule has 152 valence electrons. The smallest absolute Gasteiger partial charge is 0.412 e. The molecule has 1 saturated heterocycles. The summed E-state index contributed by atoms with van der Waals surface area (Å²) in [5.41, 5.74) is -1.25. The van der Waals surface area contributed by atoms with Gasteiger partial charge in [-0.05, 0) is 60.3 Å². The second-order valence-corrected chi connectivity index (χ2v) is 8.46. The van der Waals surface area contributed by atoms with E-state index in [4.69, 9.17) is 9.47 Å². The van der Waals surface area contributed by atoms with E-state index in [0.29, 0.717) is 6.54 Å². The number of aliphatic imine (C=N–C) groups is 1. The fourth-order valence-corrected chi connectivity index (χ4v) is 3.11. The van der Waals surface area contributed by atoms with Gasteiger partial charge >= 0.3 is 6.09 Å². The van der Waals surface area contributed by atoms with Crippen LogP contribution in [-0.2, 0) is 9.47 Å². The third kappa shape index (κ3) is 6.44. The van der Waals surface area contributed by atoms with Gasteiger partial charge in [-0.15, -0.1) is 24.0 Å². The van der Waals surface area contributed by atoms with Gasteiger partial charge in [0.15, 0.2) is 5.96 Å². The minimum atomic E-state index is -0.709. The zero-order valence-corrected chi connectivity index (χ0v) is 19.4.